The first-order valence-electron chi connectivity index (χ1n) is 7.85. The molecular formula is C19H19NO4. The molecule has 5 heteroatoms. The summed E-state index contributed by atoms with van der Waals surface area (Å²) in [5.74, 6) is -0.886. The lowest BCUT2D eigenvalue weighted by molar-refractivity contribution is -0.144. The van der Waals surface area contributed by atoms with Gasteiger partial charge >= 0.3 is 5.97 Å². The van der Waals surface area contributed by atoms with Gasteiger partial charge in [-0.05, 0) is 36.2 Å². The molecule has 2 aromatic rings. The van der Waals surface area contributed by atoms with E-state index in [1.807, 2.05) is 30.3 Å². The molecule has 0 radical (unpaired) electrons. The molecule has 1 aliphatic rings. The molecule has 1 saturated heterocycles. The summed E-state index contributed by atoms with van der Waals surface area (Å²) >= 11 is 0. The molecule has 1 amide bonds. The molecule has 124 valence electrons. The molecule has 0 spiro atoms. The predicted octanol–water partition coefficient (Wildman–Crippen LogP) is 3.26. The summed E-state index contributed by atoms with van der Waals surface area (Å²) < 4.78 is 5.16. The number of benzene rings is 2. The van der Waals surface area contributed by atoms with E-state index in [1.54, 1.807) is 36.3 Å². The predicted molar refractivity (Wildman–Crippen MR) is 90.0 cm³/mol. The number of carbonyl (C=O) groups excluding carboxylic acids is 1. The largest absolute Gasteiger partial charge is 0.497 e. The number of aliphatic carboxylic acids is 1. The van der Waals surface area contributed by atoms with Crippen LogP contribution in [-0.2, 0) is 9.59 Å². The van der Waals surface area contributed by atoms with Gasteiger partial charge in [0.2, 0.25) is 5.91 Å². The van der Waals surface area contributed by atoms with Crippen LogP contribution in [0.3, 0.4) is 0 Å². The first-order valence-corrected chi connectivity index (χ1v) is 7.85. The number of piperidine rings is 1. The van der Waals surface area contributed by atoms with Gasteiger partial charge < -0.3 is 14.7 Å². The van der Waals surface area contributed by atoms with E-state index < -0.39 is 17.9 Å². The number of anilines is 1. The maximum atomic E-state index is 12.6. The summed E-state index contributed by atoms with van der Waals surface area (Å²) in [5, 5.41) is 9.65. The van der Waals surface area contributed by atoms with Crippen molar-refractivity contribution in [1.82, 2.24) is 0 Å². The highest BCUT2D eigenvalue weighted by atomic mass is 16.5. The molecule has 0 bridgehead atoms. The second-order valence-corrected chi connectivity index (χ2v) is 5.80. The van der Waals surface area contributed by atoms with Gasteiger partial charge in [0.15, 0.2) is 0 Å². The van der Waals surface area contributed by atoms with Crippen molar-refractivity contribution in [2.45, 2.75) is 18.9 Å². The highest BCUT2D eigenvalue weighted by Crippen LogP contribution is 2.40. The fraction of sp³-hybridized carbons (Fsp3) is 0.263. The van der Waals surface area contributed by atoms with Crippen molar-refractivity contribution in [1.29, 1.82) is 0 Å². The number of carboxylic acid groups (broad SMARTS) is 1. The van der Waals surface area contributed by atoms with Crippen LogP contribution < -0.4 is 9.64 Å². The normalized spacial score (nSPS) is 20.7. The van der Waals surface area contributed by atoms with Crippen molar-refractivity contribution in [3.05, 3.63) is 60.2 Å². The van der Waals surface area contributed by atoms with Crippen molar-refractivity contribution in [2.24, 2.45) is 5.92 Å². The fourth-order valence-corrected chi connectivity index (χ4v) is 3.23. The van der Waals surface area contributed by atoms with Gasteiger partial charge in [0, 0.05) is 12.1 Å². The second kappa shape index (κ2) is 6.74. The summed E-state index contributed by atoms with van der Waals surface area (Å²) in [6.45, 7) is 0. The third kappa shape index (κ3) is 2.97. The molecule has 0 aromatic heterocycles. The van der Waals surface area contributed by atoms with Crippen LogP contribution in [0.25, 0.3) is 0 Å². The molecule has 1 fully saturated rings. The van der Waals surface area contributed by atoms with Crippen molar-refractivity contribution in [3.8, 4) is 5.75 Å². The zero-order valence-corrected chi connectivity index (χ0v) is 13.4. The van der Waals surface area contributed by atoms with Crippen LogP contribution in [0.1, 0.15) is 24.4 Å². The number of hydrogen-bond acceptors (Lipinski definition) is 3. The third-order valence-electron chi connectivity index (χ3n) is 4.41. The van der Waals surface area contributed by atoms with Gasteiger partial charge in [0.1, 0.15) is 5.75 Å². The molecule has 1 heterocycles. The first kappa shape index (κ1) is 16.1. The lowest BCUT2D eigenvalue weighted by Gasteiger charge is -2.39. The number of nitrogens with zero attached hydrogens (tertiary/aromatic N) is 1. The molecule has 0 saturated carbocycles. The summed E-state index contributed by atoms with van der Waals surface area (Å²) in [4.78, 5) is 26.0. The number of hydrogen-bond donors (Lipinski definition) is 1. The molecule has 0 aliphatic carbocycles. The standard InChI is InChI=1S/C19H19NO4/c1-24-15-9-7-14(8-10-15)20-17(21)12-11-16(19(22)23)18(20)13-5-3-2-4-6-13/h2-10,16,18H,11-12H2,1H3,(H,22,23)/t16-,18-/m0/s1. The maximum absolute atomic E-state index is 12.6. The Morgan fingerprint density at radius 2 is 1.79 bits per heavy atom. The average Bonchev–Trinajstić information content (AvgIpc) is 2.62. The van der Waals surface area contributed by atoms with E-state index in [4.69, 9.17) is 4.74 Å². The highest BCUT2D eigenvalue weighted by molar-refractivity contribution is 5.96. The van der Waals surface area contributed by atoms with E-state index in [2.05, 4.69) is 0 Å². The Morgan fingerprint density at radius 3 is 2.38 bits per heavy atom. The van der Waals surface area contributed by atoms with Crippen molar-refractivity contribution in [2.75, 3.05) is 12.0 Å². The molecule has 1 aliphatic heterocycles. The van der Waals surface area contributed by atoms with Crippen LogP contribution in [0.5, 0.6) is 5.75 Å². The summed E-state index contributed by atoms with van der Waals surface area (Å²) in [5.41, 5.74) is 1.51. The van der Waals surface area contributed by atoms with E-state index in [0.717, 1.165) is 5.56 Å². The SMILES string of the molecule is COc1ccc(N2C(=O)CC[C@H](C(=O)O)[C@@H]2c2ccccc2)cc1. The molecule has 2 atom stereocenters. The zero-order chi connectivity index (χ0) is 17.1. The van der Waals surface area contributed by atoms with E-state index in [1.165, 1.54) is 0 Å². The Balaban J connectivity index is 2.07. The number of ether oxygens (including phenoxy) is 1. The van der Waals surface area contributed by atoms with E-state index in [9.17, 15) is 14.7 Å². The Morgan fingerprint density at radius 1 is 1.12 bits per heavy atom. The van der Waals surface area contributed by atoms with Gasteiger partial charge in [-0.2, -0.15) is 0 Å². The van der Waals surface area contributed by atoms with Crippen LogP contribution in [-0.4, -0.2) is 24.1 Å². The molecular weight excluding hydrogens is 306 g/mol. The summed E-state index contributed by atoms with van der Waals surface area (Å²) in [6, 6.07) is 15.9. The molecule has 3 rings (SSSR count). The second-order valence-electron chi connectivity index (χ2n) is 5.80. The lowest BCUT2D eigenvalue weighted by Crippen LogP contribution is -2.45. The molecule has 0 unspecified atom stereocenters. The smallest absolute Gasteiger partial charge is 0.308 e. The van der Waals surface area contributed by atoms with E-state index in [0.29, 0.717) is 17.9 Å². The molecule has 2 aromatic carbocycles. The van der Waals surface area contributed by atoms with Crippen LogP contribution in [0.15, 0.2) is 54.6 Å². The van der Waals surface area contributed by atoms with Gasteiger partial charge in [0.05, 0.1) is 19.1 Å². The number of rotatable bonds is 4. The third-order valence-corrected chi connectivity index (χ3v) is 4.41. The fourth-order valence-electron chi connectivity index (χ4n) is 3.23. The van der Waals surface area contributed by atoms with Gasteiger partial charge in [-0.3, -0.25) is 9.59 Å². The minimum absolute atomic E-state index is 0.0634. The van der Waals surface area contributed by atoms with Crippen molar-refractivity contribution >= 4 is 17.6 Å². The number of carbonyl (C=O) groups is 2. The van der Waals surface area contributed by atoms with Crippen molar-refractivity contribution in [3.63, 3.8) is 0 Å². The minimum atomic E-state index is -0.880. The van der Waals surface area contributed by atoms with Crippen molar-refractivity contribution < 1.29 is 19.4 Å². The molecule has 1 N–H and O–H groups in total. The van der Waals surface area contributed by atoms with Gasteiger partial charge in [-0.15, -0.1) is 0 Å². The lowest BCUT2D eigenvalue weighted by atomic mass is 9.84. The molecule has 5 nitrogen and oxygen atoms in total. The number of methoxy groups -OCH3 is 1. The minimum Gasteiger partial charge on any atom is -0.497 e. The topological polar surface area (TPSA) is 66.8 Å². The van der Waals surface area contributed by atoms with Gasteiger partial charge in [-0.1, -0.05) is 30.3 Å². The number of amides is 1. The maximum Gasteiger partial charge on any atom is 0.308 e. The Kier molecular flexibility index (Phi) is 4.51. The summed E-state index contributed by atoms with van der Waals surface area (Å²) in [7, 11) is 1.58. The van der Waals surface area contributed by atoms with Gasteiger partial charge in [-0.25, -0.2) is 0 Å². The average molecular weight is 325 g/mol. The van der Waals surface area contributed by atoms with Crippen LogP contribution >= 0.6 is 0 Å². The molecule has 24 heavy (non-hydrogen) atoms. The van der Waals surface area contributed by atoms with E-state index >= 15 is 0 Å². The van der Waals surface area contributed by atoms with Crippen LogP contribution in [0, 0.1) is 5.92 Å². The quantitative estimate of drug-likeness (QED) is 0.937. The monoisotopic (exact) mass is 325 g/mol. The Labute approximate surface area is 140 Å². The zero-order valence-electron chi connectivity index (χ0n) is 13.4. The number of carboxylic acids is 1. The first-order chi connectivity index (χ1) is 11.6. The Hall–Kier alpha value is -2.82. The van der Waals surface area contributed by atoms with Gasteiger partial charge in [0.25, 0.3) is 0 Å². The summed E-state index contributed by atoms with van der Waals surface area (Å²) in [6.07, 6.45) is 0.576. The Bertz CT molecular complexity index is 727. The highest BCUT2D eigenvalue weighted by Gasteiger charge is 2.41. The van der Waals surface area contributed by atoms with E-state index in [-0.39, 0.29) is 12.3 Å². The van der Waals surface area contributed by atoms with Crippen LogP contribution in [0.4, 0.5) is 5.69 Å². The van der Waals surface area contributed by atoms with Crippen LogP contribution in [0.2, 0.25) is 0 Å².